The molecule has 1 aromatic carbocycles. The molecule has 2 rings (SSSR count). The van der Waals surface area contributed by atoms with E-state index in [9.17, 15) is 18.3 Å². The molecule has 1 fully saturated rings. The van der Waals surface area contributed by atoms with Crippen molar-refractivity contribution >= 4 is 16.0 Å². The van der Waals surface area contributed by atoms with Crippen LogP contribution in [-0.4, -0.2) is 75.6 Å². The van der Waals surface area contributed by atoms with Gasteiger partial charge < -0.3 is 20.1 Å². The zero-order valence-corrected chi connectivity index (χ0v) is 14.7. The van der Waals surface area contributed by atoms with Crippen LogP contribution in [0.5, 0.6) is 5.75 Å². The minimum atomic E-state index is -3.70. The number of esters is 1. The smallest absolute Gasteiger partial charge is 0.319 e. The Morgan fingerprint density at radius 2 is 1.96 bits per heavy atom. The molecule has 1 saturated heterocycles. The summed E-state index contributed by atoms with van der Waals surface area (Å²) >= 11 is 0. The molecule has 1 heterocycles. The highest BCUT2D eigenvalue weighted by molar-refractivity contribution is 7.89. The topological polar surface area (TPSA) is 99.2 Å². The Bertz CT molecular complexity index is 684. The van der Waals surface area contributed by atoms with Crippen LogP contribution in [0.2, 0.25) is 0 Å². The van der Waals surface area contributed by atoms with Crippen LogP contribution in [0.15, 0.2) is 23.1 Å². The number of piperazine rings is 1. The highest BCUT2D eigenvalue weighted by Gasteiger charge is 2.29. The number of carbonyl (C=O) groups excluding carboxylic acids is 1. The lowest BCUT2D eigenvalue weighted by Gasteiger charge is -2.32. The number of phenols is 1. The number of nitrogens with zero attached hydrogens (tertiary/aromatic N) is 2. The standard InChI is InChI=1S/C15H23N3O5S/c1-17-5-7-18(8-6-17)24(21,22)14-9-13(19)4-3-12(14)10-16-11-15(20)23-2/h3-4,9,16,19H,5-8,10-11H2,1-2H3. The number of benzene rings is 1. The lowest BCUT2D eigenvalue weighted by molar-refractivity contribution is -0.139. The van der Waals surface area contributed by atoms with Gasteiger partial charge in [0.1, 0.15) is 5.75 Å². The van der Waals surface area contributed by atoms with E-state index in [1.165, 1.54) is 23.5 Å². The minimum Gasteiger partial charge on any atom is -0.508 e. The molecule has 8 nitrogen and oxygen atoms in total. The van der Waals surface area contributed by atoms with E-state index >= 15 is 0 Å². The molecule has 1 aliphatic heterocycles. The Labute approximate surface area is 142 Å². The normalized spacial score (nSPS) is 16.9. The zero-order chi connectivity index (χ0) is 17.7. The Morgan fingerprint density at radius 3 is 2.58 bits per heavy atom. The molecule has 0 saturated carbocycles. The predicted octanol–water partition coefficient (Wildman–Crippen LogP) is -0.409. The summed E-state index contributed by atoms with van der Waals surface area (Å²) in [7, 11) is -0.474. The summed E-state index contributed by atoms with van der Waals surface area (Å²) in [5, 5.41) is 12.6. The number of methoxy groups -OCH3 is 1. The first-order chi connectivity index (χ1) is 11.3. The van der Waals surface area contributed by atoms with Gasteiger partial charge in [0.05, 0.1) is 18.6 Å². The van der Waals surface area contributed by atoms with Crippen LogP contribution in [0.4, 0.5) is 0 Å². The van der Waals surface area contributed by atoms with Gasteiger partial charge in [0.15, 0.2) is 0 Å². The molecule has 0 aromatic heterocycles. The molecule has 0 spiro atoms. The quantitative estimate of drug-likeness (QED) is 0.668. The average molecular weight is 357 g/mol. The average Bonchev–Trinajstić information content (AvgIpc) is 2.56. The van der Waals surface area contributed by atoms with Crippen molar-refractivity contribution in [2.75, 3.05) is 46.9 Å². The Morgan fingerprint density at radius 1 is 1.29 bits per heavy atom. The fraction of sp³-hybridized carbons (Fsp3) is 0.533. The van der Waals surface area contributed by atoms with Gasteiger partial charge in [-0.25, -0.2) is 8.42 Å². The van der Waals surface area contributed by atoms with Crippen LogP contribution in [0.25, 0.3) is 0 Å². The number of hydrogen-bond acceptors (Lipinski definition) is 7. The first-order valence-corrected chi connectivity index (χ1v) is 9.06. The highest BCUT2D eigenvalue weighted by atomic mass is 32.2. The Kier molecular flexibility index (Phi) is 6.16. The largest absolute Gasteiger partial charge is 0.508 e. The Hall–Kier alpha value is -1.68. The van der Waals surface area contributed by atoms with E-state index in [1.807, 2.05) is 7.05 Å². The third-order valence-electron chi connectivity index (χ3n) is 3.94. The van der Waals surface area contributed by atoms with Crippen LogP contribution in [0.1, 0.15) is 5.56 Å². The molecule has 24 heavy (non-hydrogen) atoms. The predicted molar refractivity (Wildman–Crippen MR) is 88.1 cm³/mol. The van der Waals surface area contributed by atoms with Gasteiger partial charge in [0.2, 0.25) is 10.0 Å². The number of sulfonamides is 1. The first kappa shape index (κ1) is 18.7. The van der Waals surface area contributed by atoms with Gasteiger partial charge in [-0.1, -0.05) is 6.07 Å². The number of aromatic hydroxyl groups is 1. The molecular weight excluding hydrogens is 334 g/mol. The van der Waals surface area contributed by atoms with Crippen molar-refractivity contribution in [3.8, 4) is 5.75 Å². The van der Waals surface area contributed by atoms with E-state index in [1.54, 1.807) is 6.07 Å². The van der Waals surface area contributed by atoms with Gasteiger partial charge in [-0.3, -0.25) is 4.79 Å². The maximum Gasteiger partial charge on any atom is 0.319 e. The molecule has 134 valence electrons. The first-order valence-electron chi connectivity index (χ1n) is 7.62. The van der Waals surface area contributed by atoms with Crippen LogP contribution in [0.3, 0.4) is 0 Å². The van der Waals surface area contributed by atoms with Crippen molar-refractivity contribution < 1.29 is 23.1 Å². The summed E-state index contributed by atoms with van der Waals surface area (Å²) < 4.78 is 31.8. The third-order valence-corrected chi connectivity index (χ3v) is 5.92. The van der Waals surface area contributed by atoms with Gasteiger partial charge in [-0.05, 0) is 18.7 Å². The second kappa shape index (κ2) is 7.93. The summed E-state index contributed by atoms with van der Waals surface area (Å²) in [5.74, 6) is -0.545. The van der Waals surface area contributed by atoms with E-state index in [0.717, 1.165) is 0 Å². The van der Waals surface area contributed by atoms with Crippen molar-refractivity contribution in [2.24, 2.45) is 0 Å². The monoisotopic (exact) mass is 357 g/mol. The molecule has 0 amide bonds. The van der Waals surface area contributed by atoms with E-state index in [-0.39, 0.29) is 23.7 Å². The van der Waals surface area contributed by atoms with Crippen molar-refractivity contribution in [1.29, 1.82) is 0 Å². The number of carbonyl (C=O) groups is 1. The van der Waals surface area contributed by atoms with Gasteiger partial charge in [-0.2, -0.15) is 4.31 Å². The van der Waals surface area contributed by atoms with E-state index in [0.29, 0.717) is 31.7 Å². The van der Waals surface area contributed by atoms with E-state index in [2.05, 4.69) is 15.0 Å². The van der Waals surface area contributed by atoms with Crippen LogP contribution < -0.4 is 5.32 Å². The van der Waals surface area contributed by atoms with Gasteiger partial charge in [0, 0.05) is 38.8 Å². The van der Waals surface area contributed by atoms with Crippen LogP contribution >= 0.6 is 0 Å². The summed E-state index contributed by atoms with van der Waals surface area (Å²) in [6, 6.07) is 4.23. The SMILES string of the molecule is COC(=O)CNCc1ccc(O)cc1S(=O)(=O)N1CCN(C)CC1. The fourth-order valence-corrected chi connectivity index (χ4v) is 4.13. The molecule has 9 heteroatoms. The van der Waals surface area contributed by atoms with Gasteiger partial charge in [0.25, 0.3) is 0 Å². The third kappa shape index (κ3) is 4.44. The fourth-order valence-electron chi connectivity index (χ4n) is 2.47. The molecule has 2 N–H and O–H groups in total. The molecule has 0 unspecified atom stereocenters. The van der Waals surface area contributed by atoms with Crippen molar-refractivity contribution in [2.45, 2.75) is 11.4 Å². The number of hydrogen-bond donors (Lipinski definition) is 2. The van der Waals surface area contributed by atoms with Gasteiger partial charge >= 0.3 is 5.97 Å². The summed E-state index contributed by atoms with van der Waals surface area (Å²) in [4.78, 5) is 13.3. The summed E-state index contributed by atoms with van der Waals surface area (Å²) in [5.41, 5.74) is 0.496. The zero-order valence-electron chi connectivity index (χ0n) is 13.9. The maximum absolute atomic E-state index is 12.9. The summed E-state index contributed by atoms with van der Waals surface area (Å²) in [6.45, 7) is 2.29. The lowest BCUT2D eigenvalue weighted by atomic mass is 10.2. The second-order valence-electron chi connectivity index (χ2n) is 5.68. The Balaban J connectivity index is 2.21. The number of phenolic OH excluding ortho intramolecular Hbond substituents is 1. The number of nitrogens with one attached hydrogen (secondary N) is 1. The number of likely N-dealkylation sites (N-methyl/N-ethyl adjacent to an activating group) is 1. The highest BCUT2D eigenvalue weighted by Crippen LogP contribution is 2.25. The van der Waals surface area contributed by atoms with E-state index < -0.39 is 16.0 Å². The summed E-state index contributed by atoms with van der Waals surface area (Å²) in [6.07, 6.45) is 0. The van der Waals surface area contributed by atoms with E-state index in [4.69, 9.17) is 0 Å². The maximum atomic E-state index is 12.9. The van der Waals surface area contributed by atoms with Crippen LogP contribution in [0, 0.1) is 0 Å². The lowest BCUT2D eigenvalue weighted by Crippen LogP contribution is -2.47. The van der Waals surface area contributed by atoms with Crippen molar-refractivity contribution in [3.05, 3.63) is 23.8 Å². The van der Waals surface area contributed by atoms with Crippen LogP contribution in [-0.2, 0) is 26.1 Å². The molecular formula is C15H23N3O5S. The molecule has 1 aliphatic rings. The molecule has 0 aliphatic carbocycles. The van der Waals surface area contributed by atoms with Gasteiger partial charge in [-0.15, -0.1) is 0 Å². The second-order valence-corrected chi connectivity index (χ2v) is 7.59. The number of rotatable bonds is 6. The van der Waals surface area contributed by atoms with Crippen molar-refractivity contribution in [3.63, 3.8) is 0 Å². The molecule has 1 aromatic rings. The number of ether oxygens (including phenoxy) is 1. The molecule has 0 bridgehead atoms. The van der Waals surface area contributed by atoms with Crippen molar-refractivity contribution in [1.82, 2.24) is 14.5 Å². The molecule has 0 radical (unpaired) electrons. The molecule has 0 atom stereocenters. The minimum absolute atomic E-state index is 0.0224.